The molecule has 0 aromatic rings. The van der Waals surface area contributed by atoms with Crippen LogP contribution < -0.4 is 5.32 Å². The SMILES string of the molecule is CC(C)(C)NC(=O)OC1/C=C/C(OC(=O)OC(C)(C)C)CC2OCOC2C1. The van der Waals surface area contributed by atoms with Gasteiger partial charge in [0.15, 0.2) is 0 Å². The minimum Gasteiger partial charge on any atom is -0.442 e. The molecule has 1 heterocycles. The number of fused-ring (bicyclic) bond motifs is 1. The van der Waals surface area contributed by atoms with Crippen LogP contribution in [0.15, 0.2) is 12.2 Å². The van der Waals surface area contributed by atoms with Crippen molar-refractivity contribution in [3.8, 4) is 0 Å². The van der Waals surface area contributed by atoms with Crippen molar-refractivity contribution in [3.05, 3.63) is 12.2 Å². The summed E-state index contributed by atoms with van der Waals surface area (Å²) in [5.74, 6) is 0. The van der Waals surface area contributed by atoms with Gasteiger partial charge < -0.3 is 29.0 Å². The Morgan fingerprint density at radius 1 is 0.926 bits per heavy atom. The molecule has 0 radical (unpaired) electrons. The first-order chi connectivity index (χ1) is 12.4. The second-order valence-electron chi connectivity index (χ2n) is 8.82. The van der Waals surface area contributed by atoms with E-state index in [9.17, 15) is 9.59 Å². The molecule has 0 saturated carbocycles. The second-order valence-corrected chi connectivity index (χ2v) is 8.82. The molecule has 2 rings (SSSR count). The maximum Gasteiger partial charge on any atom is 0.509 e. The molecule has 0 aromatic heterocycles. The number of rotatable bonds is 2. The van der Waals surface area contributed by atoms with Gasteiger partial charge >= 0.3 is 12.2 Å². The smallest absolute Gasteiger partial charge is 0.442 e. The summed E-state index contributed by atoms with van der Waals surface area (Å²) in [7, 11) is 0. The van der Waals surface area contributed by atoms with E-state index < -0.39 is 35.6 Å². The van der Waals surface area contributed by atoms with Crippen LogP contribution in [0.1, 0.15) is 54.4 Å². The van der Waals surface area contributed by atoms with Crippen LogP contribution in [0, 0.1) is 0 Å². The fraction of sp³-hybridized carbons (Fsp3) is 0.789. The van der Waals surface area contributed by atoms with Gasteiger partial charge in [-0.1, -0.05) is 0 Å². The third kappa shape index (κ3) is 7.76. The quantitative estimate of drug-likeness (QED) is 0.576. The normalized spacial score (nSPS) is 29.7. The van der Waals surface area contributed by atoms with Gasteiger partial charge in [0.25, 0.3) is 0 Å². The number of amides is 1. The van der Waals surface area contributed by atoms with Crippen LogP contribution in [0.3, 0.4) is 0 Å². The molecular formula is C19H31NO7. The van der Waals surface area contributed by atoms with Crippen molar-refractivity contribution < 1.29 is 33.3 Å². The molecular weight excluding hydrogens is 354 g/mol. The predicted octanol–water partition coefficient (Wildman–Crippen LogP) is 3.29. The molecule has 154 valence electrons. The van der Waals surface area contributed by atoms with E-state index in [1.807, 2.05) is 20.8 Å². The van der Waals surface area contributed by atoms with E-state index in [4.69, 9.17) is 23.7 Å². The van der Waals surface area contributed by atoms with Crippen molar-refractivity contribution in [2.75, 3.05) is 6.79 Å². The zero-order chi connectivity index (χ0) is 20.2. The predicted molar refractivity (Wildman–Crippen MR) is 97.3 cm³/mol. The van der Waals surface area contributed by atoms with E-state index in [2.05, 4.69) is 5.32 Å². The van der Waals surface area contributed by atoms with Crippen LogP contribution in [-0.2, 0) is 23.7 Å². The van der Waals surface area contributed by atoms with E-state index in [-0.39, 0.29) is 19.0 Å². The van der Waals surface area contributed by atoms with E-state index in [1.54, 1.807) is 32.9 Å². The number of hydrogen-bond donors (Lipinski definition) is 1. The molecule has 27 heavy (non-hydrogen) atoms. The molecule has 8 nitrogen and oxygen atoms in total. The van der Waals surface area contributed by atoms with Gasteiger partial charge in [-0.25, -0.2) is 9.59 Å². The Kier molecular flexibility index (Phi) is 6.75. The Labute approximate surface area is 160 Å². The highest BCUT2D eigenvalue weighted by Gasteiger charge is 2.36. The van der Waals surface area contributed by atoms with Crippen molar-refractivity contribution in [1.29, 1.82) is 0 Å². The number of hydrogen-bond acceptors (Lipinski definition) is 7. The summed E-state index contributed by atoms with van der Waals surface area (Å²) in [5, 5.41) is 2.76. The van der Waals surface area contributed by atoms with Crippen LogP contribution in [0.2, 0.25) is 0 Å². The molecule has 8 heteroatoms. The van der Waals surface area contributed by atoms with Gasteiger partial charge in [-0.05, 0) is 53.7 Å². The van der Waals surface area contributed by atoms with E-state index in [1.165, 1.54) is 0 Å². The maximum absolute atomic E-state index is 12.1. The highest BCUT2D eigenvalue weighted by molar-refractivity contribution is 5.68. The van der Waals surface area contributed by atoms with E-state index in [0.29, 0.717) is 12.8 Å². The average molecular weight is 385 g/mol. The van der Waals surface area contributed by atoms with Gasteiger partial charge in [-0.15, -0.1) is 0 Å². The Morgan fingerprint density at radius 3 is 1.93 bits per heavy atom. The summed E-state index contributed by atoms with van der Waals surface area (Å²) in [6.45, 7) is 11.1. The van der Waals surface area contributed by atoms with E-state index >= 15 is 0 Å². The summed E-state index contributed by atoms with van der Waals surface area (Å²) >= 11 is 0. The summed E-state index contributed by atoms with van der Waals surface area (Å²) in [4.78, 5) is 24.1. The lowest BCUT2D eigenvalue weighted by atomic mass is 9.97. The first kappa shape index (κ1) is 21.5. The Balaban J connectivity index is 2.04. The number of alkyl carbamates (subject to hydrolysis) is 1. The molecule has 2 aliphatic rings. The molecule has 1 fully saturated rings. The lowest BCUT2D eigenvalue weighted by Gasteiger charge is -2.28. The molecule has 4 unspecified atom stereocenters. The number of carbonyl (C=O) groups is 2. The highest BCUT2D eigenvalue weighted by atomic mass is 16.7. The largest absolute Gasteiger partial charge is 0.509 e. The van der Waals surface area contributed by atoms with E-state index in [0.717, 1.165) is 0 Å². The molecule has 4 atom stereocenters. The van der Waals surface area contributed by atoms with Gasteiger partial charge in [0.2, 0.25) is 0 Å². The van der Waals surface area contributed by atoms with Crippen molar-refractivity contribution >= 4 is 12.2 Å². The fourth-order valence-electron chi connectivity index (χ4n) is 2.78. The van der Waals surface area contributed by atoms with Crippen LogP contribution in [-0.4, -0.2) is 54.6 Å². The molecule has 0 aromatic carbocycles. The second kappa shape index (κ2) is 8.48. The fourth-order valence-corrected chi connectivity index (χ4v) is 2.78. The Hall–Kier alpha value is -1.80. The molecule has 1 saturated heterocycles. The third-order valence-corrected chi connectivity index (χ3v) is 3.82. The Morgan fingerprint density at radius 2 is 1.44 bits per heavy atom. The number of ether oxygens (including phenoxy) is 5. The van der Waals surface area contributed by atoms with Crippen LogP contribution in [0.5, 0.6) is 0 Å². The monoisotopic (exact) mass is 385 g/mol. The van der Waals surface area contributed by atoms with Crippen LogP contribution in [0.4, 0.5) is 9.59 Å². The lowest BCUT2D eigenvalue weighted by Crippen LogP contribution is -2.43. The van der Waals surface area contributed by atoms with Crippen LogP contribution >= 0.6 is 0 Å². The molecule has 1 amide bonds. The van der Waals surface area contributed by atoms with Crippen molar-refractivity contribution in [1.82, 2.24) is 5.32 Å². The lowest BCUT2D eigenvalue weighted by molar-refractivity contribution is -0.0305. The van der Waals surface area contributed by atoms with Gasteiger partial charge in [0.05, 0.1) is 12.2 Å². The summed E-state index contributed by atoms with van der Waals surface area (Å²) < 4.78 is 27.3. The van der Waals surface area contributed by atoms with Crippen molar-refractivity contribution in [2.45, 2.75) is 89.9 Å². The van der Waals surface area contributed by atoms with Crippen LogP contribution in [0.25, 0.3) is 0 Å². The zero-order valence-electron chi connectivity index (χ0n) is 16.9. The first-order valence-corrected chi connectivity index (χ1v) is 9.21. The first-order valence-electron chi connectivity index (χ1n) is 9.21. The van der Waals surface area contributed by atoms with Gasteiger partial charge in [0.1, 0.15) is 24.6 Å². The molecule has 0 spiro atoms. The number of nitrogens with one attached hydrogen (secondary N) is 1. The van der Waals surface area contributed by atoms with Gasteiger partial charge in [-0.2, -0.15) is 0 Å². The Bertz CT molecular complexity index is 513. The standard InChI is InChI=1S/C19H31NO7/c1-18(2,3)20-16(21)25-12-7-8-13(26-17(22)27-19(4,5)6)10-15-14(9-12)23-11-24-15/h7-8,12-15H,9-11H2,1-6H3,(H,20,21)/b8-7+. The minimum absolute atomic E-state index is 0.162. The summed E-state index contributed by atoms with van der Waals surface area (Å²) in [6, 6.07) is 0. The molecule has 0 bridgehead atoms. The zero-order valence-corrected chi connectivity index (χ0v) is 16.9. The van der Waals surface area contributed by atoms with Crippen molar-refractivity contribution in [2.24, 2.45) is 0 Å². The van der Waals surface area contributed by atoms with Gasteiger partial charge in [0, 0.05) is 18.4 Å². The molecule has 1 aliphatic carbocycles. The van der Waals surface area contributed by atoms with Crippen molar-refractivity contribution in [3.63, 3.8) is 0 Å². The summed E-state index contributed by atoms with van der Waals surface area (Å²) in [6.07, 6.45) is 1.49. The molecule has 1 N–H and O–H groups in total. The van der Waals surface area contributed by atoms with Gasteiger partial charge in [-0.3, -0.25) is 0 Å². The minimum atomic E-state index is -0.754. The third-order valence-electron chi connectivity index (χ3n) is 3.82. The topological polar surface area (TPSA) is 92.3 Å². The molecule has 1 aliphatic heterocycles. The highest BCUT2D eigenvalue weighted by Crippen LogP contribution is 2.27. The average Bonchev–Trinajstić information content (AvgIpc) is 2.84. The number of carbonyl (C=O) groups excluding carboxylic acids is 2. The maximum atomic E-state index is 12.1. The summed E-state index contributed by atoms with van der Waals surface area (Å²) in [5.41, 5.74) is -1.05.